The molecule has 0 radical (unpaired) electrons. The maximum Gasteiger partial charge on any atom is 0.250 e. The van der Waals surface area contributed by atoms with Crippen molar-refractivity contribution >= 4 is 35.7 Å². The van der Waals surface area contributed by atoms with Crippen LogP contribution in [-0.2, 0) is 9.59 Å². The molecule has 1 aliphatic carbocycles. The van der Waals surface area contributed by atoms with E-state index in [1.165, 1.54) is 13.1 Å². The molecule has 21 heavy (non-hydrogen) atoms. The maximum atomic E-state index is 12.5. The first-order valence-electron chi connectivity index (χ1n) is 6.84. The SMILES string of the molecule is CC(=O)NC1(C(=O)Nc2ccc(N)nc2)CCCCC1.Cl. The molecule has 0 spiro atoms. The van der Waals surface area contributed by atoms with Crippen molar-refractivity contribution in [2.45, 2.75) is 44.6 Å². The van der Waals surface area contributed by atoms with Crippen molar-refractivity contribution in [3.05, 3.63) is 18.3 Å². The Morgan fingerprint density at radius 2 is 1.90 bits per heavy atom. The number of amides is 2. The molecule has 1 aromatic rings. The lowest BCUT2D eigenvalue weighted by Gasteiger charge is -2.36. The third-order valence-electron chi connectivity index (χ3n) is 3.60. The minimum Gasteiger partial charge on any atom is -0.384 e. The molecular weight excluding hydrogens is 292 g/mol. The molecule has 4 N–H and O–H groups in total. The summed E-state index contributed by atoms with van der Waals surface area (Å²) in [7, 11) is 0. The van der Waals surface area contributed by atoms with E-state index in [9.17, 15) is 9.59 Å². The van der Waals surface area contributed by atoms with Gasteiger partial charge in [0.25, 0.3) is 0 Å². The van der Waals surface area contributed by atoms with Crippen molar-refractivity contribution in [2.24, 2.45) is 0 Å². The van der Waals surface area contributed by atoms with Gasteiger partial charge in [0.15, 0.2) is 0 Å². The van der Waals surface area contributed by atoms with Gasteiger partial charge in [-0.25, -0.2) is 4.98 Å². The predicted octanol–water partition coefficient (Wildman–Crippen LogP) is 1.86. The number of halogens is 1. The highest BCUT2D eigenvalue weighted by atomic mass is 35.5. The van der Waals surface area contributed by atoms with E-state index in [2.05, 4.69) is 15.6 Å². The van der Waals surface area contributed by atoms with E-state index < -0.39 is 5.54 Å². The van der Waals surface area contributed by atoms with E-state index >= 15 is 0 Å². The lowest BCUT2D eigenvalue weighted by atomic mass is 9.80. The van der Waals surface area contributed by atoms with E-state index in [1.54, 1.807) is 12.1 Å². The number of aromatic nitrogens is 1. The van der Waals surface area contributed by atoms with E-state index in [0.29, 0.717) is 24.3 Å². The minimum absolute atomic E-state index is 0. The van der Waals surface area contributed by atoms with E-state index in [0.717, 1.165) is 19.3 Å². The van der Waals surface area contributed by atoms with Crippen molar-refractivity contribution in [1.82, 2.24) is 10.3 Å². The molecule has 0 aliphatic heterocycles. The van der Waals surface area contributed by atoms with Gasteiger partial charge in [0, 0.05) is 6.92 Å². The van der Waals surface area contributed by atoms with Crippen LogP contribution in [0.1, 0.15) is 39.0 Å². The number of carbonyl (C=O) groups is 2. The van der Waals surface area contributed by atoms with Crippen LogP contribution in [0.3, 0.4) is 0 Å². The minimum atomic E-state index is -0.800. The highest BCUT2D eigenvalue weighted by Crippen LogP contribution is 2.29. The van der Waals surface area contributed by atoms with Crippen molar-refractivity contribution in [3.63, 3.8) is 0 Å². The third-order valence-corrected chi connectivity index (χ3v) is 3.60. The molecule has 2 rings (SSSR count). The summed E-state index contributed by atoms with van der Waals surface area (Å²) >= 11 is 0. The Labute approximate surface area is 130 Å². The Morgan fingerprint density at radius 3 is 2.43 bits per heavy atom. The van der Waals surface area contributed by atoms with Gasteiger partial charge < -0.3 is 16.4 Å². The number of nitrogens with one attached hydrogen (secondary N) is 2. The van der Waals surface area contributed by atoms with Gasteiger partial charge in [-0.05, 0) is 25.0 Å². The summed E-state index contributed by atoms with van der Waals surface area (Å²) in [6.45, 7) is 1.44. The first kappa shape index (κ1) is 17.2. The van der Waals surface area contributed by atoms with Gasteiger partial charge in [0.2, 0.25) is 11.8 Å². The van der Waals surface area contributed by atoms with Crippen molar-refractivity contribution < 1.29 is 9.59 Å². The molecule has 2 amide bonds. The van der Waals surface area contributed by atoms with Crippen molar-refractivity contribution in [3.8, 4) is 0 Å². The molecule has 116 valence electrons. The number of rotatable bonds is 3. The Morgan fingerprint density at radius 1 is 1.24 bits per heavy atom. The maximum absolute atomic E-state index is 12.5. The molecule has 1 fully saturated rings. The van der Waals surface area contributed by atoms with Crippen molar-refractivity contribution in [1.29, 1.82) is 0 Å². The van der Waals surface area contributed by atoms with Gasteiger partial charge >= 0.3 is 0 Å². The summed E-state index contributed by atoms with van der Waals surface area (Å²) in [5.41, 5.74) is 5.29. The van der Waals surface area contributed by atoms with Gasteiger partial charge in [0.05, 0.1) is 11.9 Å². The molecule has 6 nitrogen and oxygen atoms in total. The van der Waals surface area contributed by atoms with Crippen LogP contribution in [0.2, 0.25) is 0 Å². The topological polar surface area (TPSA) is 97.1 Å². The van der Waals surface area contributed by atoms with E-state index in [4.69, 9.17) is 5.73 Å². The third kappa shape index (κ3) is 4.32. The summed E-state index contributed by atoms with van der Waals surface area (Å²) in [5, 5.41) is 5.64. The monoisotopic (exact) mass is 312 g/mol. The Kier molecular flexibility index (Phi) is 5.96. The highest BCUT2D eigenvalue weighted by molar-refractivity contribution is 6.00. The Bertz CT molecular complexity index is 498. The zero-order valence-corrected chi connectivity index (χ0v) is 12.8. The van der Waals surface area contributed by atoms with Crippen LogP contribution in [0.4, 0.5) is 11.5 Å². The van der Waals surface area contributed by atoms with Gasteiger partial charge in [0.1, 0.15) is 11.4 Å². The zero-order valence-electron chi connectivity index (χ0n) is 12.0. The number of anilines is 2. The molecule has 1 saturated carbocycles. The lowest BCUT2D eigenvalue weighted by Crippen LogP contribution is -2.57. The van der Waals surface area contributed by atoms with Crippen LogP contribution in [-0.4, -0.2) is 22.3 Å². The van der Waals surface area contributed by atoms with Gasteiger partial charge in [-0.2, -0.15) is 0 Å². The standard InChI is InChI=1S/C14H20N4O2.ClH/c1-10(19)18-14(7-3-2-4-8-14)13(20)17-11-5-6-12(15)16-9-11;/h5-6,9H,2-4,7-8H2,1H3,(H2,15,16)(H,17,20)(H,18,19);1H. The molecule has 1 heterocycles. The van der Waals surface area contributed by atoms with Crippen LogP contribution in [0.5, 0.6) is 0 Å². The Balaban J connectivity index is 0.00000220. The first-order valence-corrected chi connectivity index (χ1v) is 6.84. The molecule has 0 aromatic carbocycles. The Hall–Kier alpha value is -1.82. The highest BCUT2D eigenvalue weighted by Gasteiger charge is 2.40. The molecule has 0 saturated heterocycles. The summed E-state index contributed by atoms with van der Waals surface area (Å²) in [6.07, 6.45) is 5.82. The van der Waals surface area contributed by atoms with Crippen LogP contribution >= 0.6 is 12.4 Å². The number of nitrogen functional groups attached to an aromatic ring is 1. The summed E-state index contributed by atoms with van der Waals surface area (Å²) < 4.78 is 0. The first-order chi connectivity index (χ1) is 9.52. The summed E-state index contributed by atoms with van der Waals surface area (Å²) in [6, 6.07) is 3.33. The fraction of sp³-hybridized carbons (Fsp3) is 0.500. The average Bonchev–Trinajstić information content (AvgIpc) is 2.41. The molecule has 0 bridgehead atoms. The van der Waals surface area contributed by atoms with E-state index in [-0.39, 0.29) is 24.2 Å². The smallest absolute Gasteiger partial charge is 0.250 e. The molecule has 7 heteroatoms. The van der Waals surface area contributed by atoms with Gasteiger partial charge in [-0.1, -0.05) is 19.3 Å². The molecule has 1 aliphatic rings. The number of hydrogen-bond donors (Lipinski definition) is 3. The van der Waals surface area contributed by atoms with Crippen LogP contribution in [0.15, 0.2) is 18.3 Å². The molecular formula is C14H21ClN4O2. The summed E-state index contributed by atoms with van der Waals surface area (Å²) in [4.78, 5) is 27.9. The summed E-state index contributed by atoms with van der Waals surface area (Å²) in [5.74, 6) is 0.0358. The number of nitrogens with zero attached hydrogens (tertiary/aromatic N) is 1. The lowest BCUT2D eigenvalue weighted by molar-refractivity contribution is -0.130. The number of hydrogen-bond acceptors (Lipinski definition) is 4. The largest absolute Gasteiger partial charge is 0.384 e. The van der Waals surface area contributed by atoms with Gasteiger partial charge in [-0.3, -0.25) is 9.59 Å². The predicted molar refractivity (Wildman–Crippen MR) is 84.2 cm³/mol. The molecule has 1 aromatic heterocycles. The number of pyridine rings is 1. The molecule has 0 unspecified atom stereocenters. The normalized spacial score (nSPS) is 16.4. The van der Waals surface area contributed by atoms with E-state index in [1.807, 2.05) is 0 Å². The zero-order chi connectivity index (χ0) is 14.6. The number of carbonyl (C=O) groups excluding carboxylic acids is 2. The second-order valence-electron chi connectivity index (χ2n) is 5.25. The van der Waals surface area contributed by atoms with Crippen LogP contribution in [0, 0.1) is 0 Å². The average molecular weight is 313 g/mol. The quantitative estimate of drug-likeness (QED) is 0.793. The van der Waals surface area contributed by atoms with Gasteiger partial charge in [-0.15, -0.1) is 12.4 Å². The van der Waals surface area contributed by atoms with Crippen LogP contribution < -0.4 is 16.4 Å². The fourth-order valence-electron chi connectivity index (χ4n) is 2.63. The van der Waals surface area contributed by atoms with Crippen LogP contribution in [0.25, 0.3) is 0 Å². The fourth-order valence-corrected chi connectivity index (χ4v) is 2.63. The van der Waals surface area contributed by atoms with Crippen molar-refractivity contribution in [2.75, 3.05) is 11.1 Å². The molecule has 0 atom stereocenters. The second kappa shape index (κ2) is 7.26. The second-order valence-corrected chi connectivity index (χ2v) is 5.25. The number of nitrogens with two attached hydrogens (primary N) is 1.